The van der Waals surface area contributed by atoms with Crippen molar-refractivity contribution < 1.29 is 32.9 Å². The van der Waals surface area contributed by atoms with Crippen LogP contribution in [0.25, 0.3) is 0 Å². The van der Waals surface area contributed by atoms with Crippen LogP contribution in [0.4, 0.5) is 0 Å². The lowest BCUT2D eigenvalue weighted by atomic mass is 10.1. The molecule has 0 spiro atoms. The van der Waals surface area contributed by atoms with Crippen molar-refractivity contribution in [3.63, 3.8) is 0 Å². The maximum Gasteiger partial charge on any atom is 0.268 e. The zero-order valence-electron chi connectivity index (χ0n) is 28.4. The van der Waals surface area contributed by atoms with Gasteiger partial charge in [0.15, 0.2) is 0 Å². The maximum atomic E-state index is 12.6. The van der Waals surface area contributed by atoms with Crippen LogP contribution < -0.4 is 10.2 Å². The minimum atomic E-state index is -4.56. The van der Waals surface area contributed by atoms with Gasteiger partial charge in [-0.25, -0.2) is 0 Å². The van der Waals surface area contributed by atoms with Crippen molar-refractivity contribution in [2.24, 2.45) is 0 Å². The zero-order valence-corrected chi connectivity index (χ0v) is 29.3. The van der Waals surface area contributed by atoms with Crippen molar-refractivity contribution in [3.8, 4) is 0 Å². The molecule has 0 bridgehead atoms. The fourth-order valence-corrected chi connectivity index (χ4v) is 5.28. The number of amides is 1. The Bertz CT molecular complexity index is 768. The third kappa shape index (κ3) is 29.5. The first-order chi connectivity index (χ1) is 20.5. The van der Waals surface area contributed by atoms with Crippen LogP contribution in [0.3, 0.4) is 0 Å². The van der Waals surface area contributed by atoms with E-state index in [1.54, 1.807) is 6.08 Å². The Labute approximate surface area is 264 Å². The molecule has 254 valence electrons. The van der Waals surface area contributed by atoms with Crippen molar-refractivity contribution >= 4 is 13.7 Å². The maximum absolute atomic E-state index is 12.6. The number of quaternary nitrogens is 1. The summed E-state index contributed by atoms with van der Waals surface area (Å²) in [6.07, 6.45) is 28.3. The first kappa shape index (κ1) is 42.0. The molecule has 0 fully saturated rings. The summed E-state index contributed by atoms with van der Waals surface area (Å²) in [6.45, 7) is 4.49. The first-order valence-corrected chi connectivity index (χ1v) is 18.7. The molecule has 0 saturated carbocycles. The quantitative estimate of drug-likeness (QED) is 0.0366. The molecule has 9 heteroatoms. The monoisotopic (exact) mass is 630 g/mol. The number of phosphoric ester groups is 1. The zero-order chi connectivity index (χ0) is 32.2. The van der Waals surface area contributed by atoms with E-state index in [2.05, 4.69) is 31.3 Å². The highest BCUT2D eigenvalue weighted by atomic mass is 31.2. The van der Waals surface area contributed by atoms with Crippen LogP contribution in [0.2, 0.25) is 0 Å². The van der Waals surface area contributed by atoms with Gasteiger partial charge in [-0.05, 0) is 44.9 Å². The number of hydrogen-bond acceptors (Lipinski definition) is 6. The van der Waals surface area contributed by atoms with E-state index in [0.29, 0.717) is 17.4 Å². The third-order valence-corrected chi connectivity index (χ3v) is 8.37. The number of aliphatic hydroxyl groups excluding tert-OH is 1. The molecule has 0 saturated heterocycles. The Morgan fingerprint density at radius 2 is 1.28 bits per heavy atom. The number of aliphatic hydroxyl groups is 1. The molecule has 0 aromatic heterocycles. The summed E-state index contributed by atoms with van der Waals surface area (Å²) in [5, 5.41) is 13.5. The summed E-state index contributed by atoms with van der Waals surface area (Å²) in [6, 6.07) is -0.882. The third-order valence-electron chi connectivity index (χ3n) is 7.41. The van der Waals surface area contributed by atoms with Gasteiger partial charge < -0.3 is 28.8 Å². The SMILES string of the molecule is CCCCC/C=C/C(O)C(COP(=O)([O-])OCC[N+](C)(C)C)NC(=O)CCCCCCC/C=C\CCCCCCCCC. The van der Waals surface area contributed by atoms with Gasteiger partial charge in [0.05, 0.1) is 39.9 Å². The van der Waals surface area contributed by atoms with E-state index in [1.807, 2.05) is 27.2 Å². The number of likely N-dealkylation sites (N-methyl/N-ethyl adjacent to an activating group) is 1. The molecule has 2 N–H and O–H groups in total. The topological polar surface area (TPSA) is 108 Å². The number of hydrogen-bond donors (Lipinski definition) is 2. The van der Waals surface area contributed by atoms with Crippen LogP contribution in [0, 0.1) is 0 Å². The molecular weight excluding hydrogens is 563 g/mol. The summed E-state index contributed by atoms with van der Waals surface area (Å²) >= 11 is 0. The molecular formula is C34H67N2O6P. The largest absolute Gasteiger partial charge is 0.756 e. The average Bonchev–Trinajstić information content (AvgIpc) is 2.94. The number of allylic oxidation sites excluding steroid dienone is 3. The molecule has 43 heavy (non-hydrogen) atoms. The Kier molecular flexibility index (Phi) is 26.7. The van der Waals surface area contributed by atoms with E-state index in [9.17, 15) is 19.4 Å². The molecule has 3 unspecified atom stereocenters. The molecule has 0 rings (SSSR count). The van der Waals surface area contributed by atoms with E-state index < -0.39 is 20.0 Å². The Hall–Kier alpha value is -1.02. The second-order valence-electron chi connectivity index (χ2n) is 12.9. The molecule has 1 amide bonds. The lowest BCUT2D eigenvalue weighted by Gasteiger charge is -2.29. The number of unbranched alkanes of at least 4 members (excludes halogenated alkanes) is 15. The van der Waals surface area contributed by atoms with Crippen LogP contribution in [-0.4, -0.2) is 68.5 Å². The van der Waals surface area contributed by atoms with Crippen LogP contribution in [0.5, 0.6) is 0 Å². The van der Waals surface area contributed by atoms with E-state index >= 15 is 0 Å². The first-order valence-electron chi connectivity index (χ1n) is 17.2. The van der Waals surface area contributed by atoms with E-state index in [-0.39, 0.29) is 19.1 Å². The van der Waals surface area contributed by atoms with Gasteiger partial charge in [-0.3, -0.25) is 9.36 Å². The highest BCUT2D eigenvalue weighted by Crippen LogP contribution is 2.38. The number of nitrogens with zero attached hydrogens (tertiary/aromatic N) is 1. The standard InChI is InChI=1S/C34H67N2O6P/c1-6-8-10-12-13-14-15-16-17-18-19-20-21-22-24-26-28-34(38)35-32(33(37)27-25-23-11-9-7-2)31-42-43(39,40)41-30-29-36(3,4)5/h17-18,25,27,32-33,37H,6-16,19-24,26,28-31H2,1-5H3,(H-,35,38,39,40)/b18-17-,27-25+. The van der Waals surface area contributed by atoms with Crippen LogP contribution in [-0.2, 0) is 18.4 Å². The lowest BCUT2D eigenvalue weighted by Crippen LogP contribution is -2.45. The van der Waals surface area contributed by atoms with Gasteiger partial charge in [-0.1, -0.05) is 109 Å². The van der Waals surface area contributed by atoms with Gasteiger partial charge in [0.25, 0.3) is 7.82 Å². The van der Waals surface area contributed by atoms with E-state index in [0.717, 1.165) is 57.8 Å². The highest BCUT2D eigenvalue weighted by molar-refractivity contribution is 7.45. The second-order valence-corrected chi connectivity index (χ2v) is 14.3. The van der Waals surface area contributed by atoms with E-state index in [1.165, 1.54) is 57.8 Å². The summed E-state index contributed by atoms with van der Waals surface area (Å²) in [5.74, 6) is -0.216. The van der Waals surface area contributed by atoms with Crippen LogP contribution in [0.15, 0.2) is 24.3 Å². The van der Waals surface area contributed by atoms with Crippen molar-refractivity contribution in [2.75, 3.05) is 40.9 Å². The molecule has 0 aliphatic rings. The van der Waals surface area contributed by atoms with Gasteiger partial charge in [0.1, 0.15) is 13.2 Å². The number of carbonyl (C=O) groups is 1. The number of rotatable bonds is 30. The molecule has 0 aromatic carbocycles. The summed E-state index contributed by atoms with van der Waals surface area (Å²) in [4.78, 5) is 24.9. The minimum absolute atomic E-state index is 0.00324. The van der Waals surface area contributed by atoms with Crippen molar-refractivity contribution in [2.45, 2.75) is 148 Å². The van der Waals surface area contributed by atoms with Gasteiger partial charge in [-0.2, -0.15) is 0 Å². The number of nitrogens with one attached hydrogen (secondary N) is 1. The normalized spacial score (nSPS) is 15.2. The number of carbonyl (C=O) groups excluding carboxylic acids is 1. The van der Waals surface area contributed by atoms with Gasteiger partial charge in [-0.15, -0.1) is 0 Å². The Balaban J connectivity index is 4.36. The van der Waals surface area contributed by atoms with Crippen molar-refractivity contribution in [1.82, 2.24) is 5.32 Å². The highest BCUT2D eigenvalue weighted by Gasteiger charge is 2.23. The molecule has 0 aromatic rings. The number of phosphoric acid groups is 1. The van der Waals surface area contributed by atoms with Gasteiger partial charge >= 0.3 is 0 Å². The molecule has 0 aliphatic carbocycles. The molecule has 0 radical (unpaired) electrons. The molecule has 0 aliphatic heterocycles. The van der Waals surface area contributed by atoms with Gasteiger partial charge in [0, 0.05) is 6.42 Å². The Morgan fingerprint density at radius 3 is 1.86 bits per heavy atom. The summed E-state index contributed by atoms with van der Waals surface area (Å²) in [7, 11) is 1.25. The minimum Gasteiger partial charge on any atom is -0.756 e. The smallest absolute Gasteiger partial charge is 0.268 e. The van der Waals surface area contributed by atoms with Crippen LogP contribution in [0.1, 0.15) is 136 Å². The van der Waals surface area contributed by atoms with Crippen molar-refractivity contribution in [3.05, 3.63) is 24.3 Å². The fraction of sp³-hybridized carbons (Fsp3) is 0.853. The molecule has 8 nitrogen and oxygen atoms in total. The van der Waals surface area contributed by atoms with Crippen LogP contribution >= 0.6 is 7.82 Å². The van der Waals surface area contributed by atoms with Gasteiger partial charge in [0.2, 0.25) is 5.91 Å². The predicted molar refractivity (Wildman–Crippen MR) is 178 cm³/mol. The lowest BCUT2D eigenvalue weighted by molar-refractivity contribution is -0.870. The summed E-state index contributed by atoms with van der Waals surface area (Å²) in [5.41, 5.74) is 0. The summed E-state index contributed by atoms with van der Waals surface area (Å²) < 4.78 is 22.9. The molecule has 0 heterocycles. The molecule has 3 atom stereocenters. The van der Waals surface area contributed by atoms with E-state index in [4.69, 9.17) is 9.05 Å². The average molecular weight is 631 g/mol. The Morgan fingerprint density at radius 1 is 0.791 bits per heavy atom. The van der Waals surface area contributed by atoms with Crippen molar-refractivity contribution in [1.29, 1.82) is 0 Å². The predicted octanol–water partition coefficient (Wildman–Crippen LogP) is 7.60. The fourth-order valence-electron chi connectivity index (χ4n) is 4.55. The second kappa shape index (κ2) is 27.3.